The van der Waals surface area contributed by atoms with Crippen molar-refractivity contribution in [3.8, 4) is 0 Å². The summed E-state index contributed by atoms with van der Waals surface area (Å²) >= 11 is 6.94. The molecule has 2 N–H and O–H groups in total. The zero-order valence-corrected chi connectivity index (χ0v) is 11.1. The largest absolute Gasteiger partial charge is 0.416 e. The fourth-order valence-corrected chi connectivity index (χ4v) is 2.55. The maximum absolute atomic E-state index is 12.6. The van der Waals surface area contributed by atoms with Crippen LogP contribution >= 0.6 is 23.4 Å². The second-order valence-corrected chi connectivity index (χ2v) is 5.36. The molecule has 0 atom stereocenters. The van der Waals surface area contributed by atoms with E-state index in [0.717, 1.165) is 12.1 Å². The third-order valence-corrected chi connectivity index (χ3v) is 3.68. The van der Waals surface area contributed by atoms with E-state index in [4.69, 9.17) is 17.3 Å². The number of halogens is 4. The molecule has 2 aromatic carbocycles. The Bertz CT molecular complexity index is 599. The van der Waals surface area contributed by atoms with Gasteiger partial charge in [0.1, 0.15) is 0 Å². The molecular weight excluding hydrogens is 295 g/mol. The van der Waals surface area contributed by atoms with Crippen molar-refractivity contribution in [1.29, 1.82) is 0 Å². The predicted molar refractivity (Wildman–Crippen MR) is 71.4 cm³/mol. The minimum atomic E-state index is -4.35. The van der Waals surface area contributed by atoms with Gasteiger partial charge in [0, 0.05) is 20.5 Å². The molecule has 0 aromatic heterocycles. The SMILES string of the molecule is Nc1cc(Cl)ccc1Sc1cccc(C(F)(F)F)c1. The van der Waals surface area contributed by atoms with Crippen molar-refractivity contribution in [3.05, 3.63) is 53.1 Å². The van der Waals surface area contributed by atoms with Crippen molar-refractivity contribution in [1.82, 2.24) is 0 Å². The number of nitrogen functional groups attached to an aromatic ring is 1. The lowest BCUT2D eigenvalue weighted by Gasteiger charge is -2.09. The van der Waals surface area contributed by atoms with Crippen molar-refractivity contribution < 1.29 is 13.2 Å². The molecule has 0 heterocycles. The van der Waals surface area contributed by atoms with Crippen molar-refractivity contribution in [2.45, 2.75) is 16.0 Å². The zero-order chi connectivity index (χ0) is 14.0. The van der Waals surface area contributed by atoms with Gasteiger partial charge in [0.15, 0.2) is 0 Å². The lowest BCUT2D eigenvalue weighted by Crippen LogP contribution is -2.04. The minimum Gasteiger partial charge on any atom is -0.398 e. The molecule has 100 valence electrons. The molecule has 0 spiro atoms. The molecule has 0 amide bonds. The Morgan fingerprint density at radius 3 is 2.42 bits per heavy atom. The Morgan fingerprint density at radius 2 is 1.79 bits per heavy atom. The third-order valence-electron chi connectivity index (χ3n) is 2.36. The number of hydrogen-bond donors (Lipinski definition) is 1. The van der Waals surface area contributed by atoms with Gasteiger partial charge in [0.25, 0.3) is 0 Å². The van der Waals surface area contributed by atoms with E-state index in [1.807, 2.05) is 0 Å². The van der Waals surface area contributed by atoms with E-state index < -0.39 is 11.7 Å². The first-order chi connectivity index (χ1) is 8.86. The van der Waals surface area contributed by atoms with Crippen molar-refractivity contribution in [3.63, 3.8) is 0 Å². The number of anilines is 1. The summed E-state index contributed by atoms with van der Waals surface area (Å²) in [5, 5.41) is 0.492. The van der Waals surface area contributed by atoms with E-state index in [2.05, 4.69) is 0 Å². The van der Waals surface area contributed by atoms with Crippen LogP contribution < -0.4 is 5.73 Å². The van der Waals surface area contributed by atoms with E-state index >= 15 is 0 Å². The molecule has 2 aromatic rings. The van der Waals surface area contributed by atoms with Crippen LogP contribution in [0.3, 0.4) is 0 Å². The van der Waals surface area contributed by atoms with Crippen LogP contribution in [0.1, 0.15) is 5.56 Å². The van der Waals surface area contributed by atoms with Crippen LogP contribution in [0.15, 0.2) is 52.3 Å². The highest BCUT2D eigenvalue weighted by Gasteiger charge is 2.30. The molecule has 1 nitrogen and oxygen atoms in total. The molecule has 0 aliphatic heterocycles. The van der Waals surface area contributed by atoms with Crippen LogP contribution in [0.25, 0.3) is 0 Å². The third kappa shape index (κ3) is 3.58. The first kappa shape index (κ1) is 14.1. The number of nitrogens with two attached hydrogens (primary N) is 1. The zero-order valence-electron chi connectivity index (χ0n) is 9.54. The number of hydrogen-bond acceptors (Lipinski definition) is 2. The van der Waals surface area contributed by atoms with Crippen molar-refractivity contribution in [2.75, 3.05) is 5.73 Å². The van der Waals surface area contributed by atoms with Crippen LogP contribution in [-0.2, 0) is 6.18 Å². The summed E-state index contributed by atoms with van der Waals surface area (Å²) in [5.41, 5.74) is 5.53. The molecule has 0 aliphatic rings. The monoisotopic (exact) mass is 303 g/mol. The van der Waals surface area contributed by atoms with E-state index in [9.17, 15) is 13.2 Å². The summed E-state index contributed by atoms with van der Waals surface area (Å²) < 4.78 is 37.8. The first-order valence-electron chi connectivity index (χ1n) is 5.26. The predicted octanol–water partition coefficient (Wildman–Crippen LogP) is 5.09. The Balaban J connectivity index is 2.29. The Labute approximate surface area is 117 Å². The lowest BCUT2D eigenvalue weighted by molar-refractivity contribution is -0.137. The molecule has 6 heteroatoms. The average molecular weight is 304 g/mol. The number of rotatable bonds is 2. The fourth-order valence-electron chi connectivity index (χ4n) is 1.48. The van der Waals surface area contributed by atoms with Gasteiger partial charge in [-0.05, 0) is 36.4 Å². The van der Waals surface area contributed by atoms with Gasteiger partial charge < -0.3 is 5.73 Å². The van der Waals surface area contributed by atoms with Gasteiger partial charge >= 0.3 is 6.18 Å². The normalized spacial score (nSPS) is 11.6. The Hall–Kier alpha value is -1.33. The summed E-state index contributed by atoms with van der Waals surface area (Å²) in [7, 11) is 0. The maximum atomic E-state index is 12.6. The number of alkyl halides is 3. The van der Waals surface area contributed by atoms with E-state index in [1.165, 1.54) is 17.8 Å². The highest BCUT2D eigenvalue weighted by atomic mass is 35.5. The van der Waals surface area contributed by atoms with E-state index in [1.54, 1.807) is 24.3 Å². The smallest absolute Gasteiger partial charge is 0.398 e. The second-order valence-electron chi connectivity index (χ2n) is 3.81. The Kier molecular flexibility index (Phi) is 3.96. The molecular formula is C13H9ClF3NS. The average Bonchev–Trinajstić information content (AvgIpc) is 2.32. The molecule has 0 saturated heterocycles. The molecule has 0 fully saturated rings. The molecule has 0 unspecified atom stereocenters. The van der Waals surface area contributed by atoms with Gasteiger partial charge in [-0.3, -0.25) is 0 Å². The highest BCUT2D eigenvalue weighted by Crippen LogP contribution is 2.36. The minimum absolute atomic E-state index is 0.440. The Morgan fingerprint density at radius 1 is 1.05 bits per heavy atom. The second kappa shape index (κ2) is 5.35. The van der Waals surface area contributed by atoms with Gasteiger partial charge in [-0.1, -0.05) is 29.4 Å². The van der Waals surface area contributed by atoms with Crippen molar-refractivity contribution in [2.24, 2.45) is 0 Å². The van der Waals surface area contributed by atoms with Crippen LogP contribution in [-0.4, -0.2) is 0 Å². The summed E-state index contributed by atoms with van der Waals surface area (Å²) in [4.78, 5) is 1.15. The van der Waals surface area contributed by atoms with Crippen LogP contribution in [0.4, 0.5) is 18.9 Å². The fraction of sp³-hybridized carbons (Fsp3) is 0.0769. The standard InChI is InChI=1S/C13H9ClF3NS/c14-9-4-5-12(11(18)7-9)19-10-3-1-2-8(6-10)13(15,16)17/h1-7H,18H2. The first-order valence-corrected chi connectivity index (χ1v) is 6.46. The summed E-state index contributed by atoms with van der Waals surface area (Å²) in [5.74, 6) is 0. The highest BCUT2D eigenvalue weighted by molar-refractivity contribution is 7.99. The molecule has 0 saturated carbocycles. The van der Waals surface area contributed by atoms with Crippen molar-refractivity contribution >= 4 is 29.1 Å². The van der Waals surface area contributed by atoms with Gasteiger partial charge in [-0.2, -0.15) is 13.2 Å². The van der Waals surface area contributed by atoms with Crippen LogP contribution in [0.2, 0.25) is 5.02 Å². The van der Waals surface area contributed by atoms with Gasteiger partial charge in [-0.15, -0.1) is 0 Å². The summed E-state index contributed by atoms with van der Waals surface area (Å²) in [6.45, 7) is 0. The van der Waals surface area contributed by atoms with Gasteiger partial charge in [0.05, 0.1) is 5.56 Å². The van der Waals surface area contributed by atoms with Gasteiger partial charge in [-0.25, -0.2) is 0 Å². The van der Waals surface area contributed by atoms with Crippen LogP contribution in [0.5, 0.6) is 0 Å². The summed E-state index contributed by atoms with van der Waals surface area (Å²) in [6.07, 6.45) is -4.35. The molecule has 0 aliphatic carbocycles. The topological polar surface area (TPSA) is 26.0 Å². The molecule has 0 radical (unpaired) electrons. The summed E-state index contributed by atoms with van der Waals surface area (Å²) in [6, 6.07) is 10.0. The maximum Gasteiger partial charge on any atom is 0.416 e. The van der Waals surface area contributed by atoms with E-state index in [-0.39, 0.29) is 0 Å². The number of benzene rings is 2. The quantitative estimate of drug-likeness (QED) is 0.782. The lowest BCUT2D eigenvalue weighted by atomic mass is 10.2. The molecule has 2 rings (SSSR count). The molecule has 19 heavy (non-hydrogen) atoms. The van der Waals surface area contributed by atoms with E-state index in [0.29, 0.717) is 20.5 Å². The molecule has 0 bridgehead atoms. The van der Waals surface area contributed by atoms with Crippen LogP contribution in [0, 0.1) is 0 Å². The van der Waals surface area contributed by atoms with Gasteiger partial charge in [0.2, 0.25) is 0 Å².